The Morgan fingerprint density at radius 3 is 2.68 bits per heavy atom. The molecule has 0 amide bonds. The third kappa shape index (κ3) is 3.83. The van der Waals surface area contributed by atoms with Crippen molar-refractivity contribution in [2.45, 2.75) is 19.3 Å². The Labute approximate surface area is 194 Å². The molecule has 0 saturated carbocycles. The molecule has 2 aliphatic rings. The molecule has 0 saturated heterocycles. The number of carbonyl (C=O) groups excluding carboxylic acids is 3. The number of aryl methyl sites for hydroxylation is 1. The molecule has 0 aliphatic carbocycles. The van der Waals surface area contributed by atoms with Crippen LogP contribution in [0.1, 0.15) is 45.3 Å². The van der Waals surface area contributed by atoms with Crippen LogP contribution in [0, 0.1) is 6.92 Å². The molecule has 1 atom stereocenters. The molecule has 0 fully saturated rings. The van der Waals surface area contributed by atoms with Crippen LogP contribution in [0.5, 0.6) is 17.2 Å². The Balaban J connectivity index is 1.58. The number of furan rings is 1. The molecule has 8 nitrogen and oxygen atoms in total. The van der Waals surface area contributed by atoms with Crippen LogP contribution in [-0.4, -0.2) is 31.4 Å². The van der Waals surface area contributed by atoms with Gasteiger partial charge in [-0.3, -0.25) is 9.59 Å². The first-order chi connectivity index (χ1) is 16.4. The number of para-hydroxylation sites is 1. The van der Waals surface area contributed by atoms with Crippen molar-refractivity contribution >= 4 is 23.8 Å². The number of hydrogen-bond acceptors (Lipinski definition) is 8. The topological polar surface area (TPSA) is 101 Å². The molecule has 3 heterocycles. The van der Waals surface area contributed by atoms with Crippen molar-refractivity contribution in [2.24, 2.45) is 0 Å². The lowest BCUT2D eigenvalue weighted by Gasteiger charge is -2.27. The molecule has 0 unspecified atom stereocenters. The zero-order chi connectivity index (χ0) is 23.8. The number of esters is 2. The summed E-state index contributed by atoms with van der Waals surface area (Å²) < 4.78 is 27.4. The van der Waals surface area contributed by atoms with Gasteiger partial charge in [-0.1, -0.05) is 18.2 Å². The van der Waals surface area contributed by atoms with E-state index in [1.54, 1.807) is 54.6 Å². The highest BCUT2D eigenvalue weighted by Crippen LogP contribution is 2.50. The molecule has 2 aromatic carbocycles. The van der Waals surface area contributed by atoms with Crippen molar-refractivity contribution in [1.82, 2.24) is 0 Å². The van der Waals surface area contributed by atoms with Gasteiger partial charge in [0.1, 0.15) is 28.8 Å². The molecule has 8 heteroatoms. The summed E-state index contributed by atoms with van der Waals surface area (Å²) in [5, 5.41) is 0. The van der Waals surface area contributed by atoms with Gasteiger partial charge < -0.3 is 23.4 Å². The summed E-state index contributed by atoms with van der Waals surface area (Å²) in [5.41, 5.74) is 1.59. The molecule has 0 radical (unpaired) electrons. The summed E-state index contributed by atoms with van der Waals surface area (Å²) >= 11 is 0. The van der Waals surface area contributed by atoms with Crippen LogP contribution in [-0.2, 0) is 14.3 Å². The van der Waals surface area contributed by atoms with Crippen molar-refractivity contribution in [3.8, 4) is 17.2 Å². The third-order valence-corrected chi connectivity index (χ3v) is 5.68. The van der Waals surface area contributed by atoms with Crippen LogP contribution in [0.2, 0.25) is 0 Å². The quantitative estimate of drug-likeness (QED) is 0.317. The van der Waals surface area contributed by atoms with E-state index in [9.17, 15) is 14.4 Å². The number of rotatable bonds is 5. The lowest BCUT2D eigenvalue weighted by molar-refractivity contribution is -0.143. The predicted molar refractivity (Wildman–Crippen MR) is 119 cm³/mol. The Bertz CT molecular complexity index is 1350. The van der Waals surface area contributed by atoms with E-state index in [2.05, 4.69) is 4.74 Å². The van der Waals surface area contributed by atoms with Crippen molar-refractivity contribution in [3.05, 3.63) is 82.5 Å². The van der Waals surface area contributed by atoms with E-state index >= 15 is 0 Å². The van der Waals surface area contributed by atoms with Crippen LogP contribution in [0.25, 0.3) is 6.08 Å². The van der Waals surface area contributed by atoms with Crippen molar-refractivity contribution in [2.75, 3.05) is 13.7 Å². The number of carbonyl (C=O) groups is 3. The average Bonchev–Trinajstić information content (AvgIpc) is 3.39. The Kier molecular flexibility index (Phi) is 5.41. The van der Waals surface area contributed by atoms with Gasteiger partial charge in [-0.25, -0.2) is 4.79 Å². The fourth-order valence-electron chi connectivity index (χ4n) is 4.13. The number of hydrogen-bond donors (Lipinski definition) is 0. The predicted octanol–water partition coefficient (Wildman–Crippen LogP) is 4.20. The number of fused-ring (bicyclic) bond motifs is 3. The molecule has 1 aromatic heterocycles. The summed E-state index contributed by atoms with van der Waals surface area (Å²) in [7, 11) is 1.28. The fourth-order valence-corrected chi connectivity index (χ4v) is 4.13. The van der Waals surface area contributed by atoms with Crippen LogP contribution in [0.15, 0.2) is 58.7 Å². The molecule has 34 heavy (non-hydrogen) atoms. The second-order valence-corrected chi connectivity index (χ2v) is 7.88. The molecule has 2 aliphatic heterocycles. The first-order valence-electron chi connectivity index (χ1n) is 10.6. The minimum atomic E-state index is -0.531. The van der Waals surface area contributed by atoms with E-state index in [0.29, 0.717) is 45.5 Å². The van der Waals surface area contributed by atoms with Gasteiger partial charge >= 0.3 is 11.9 Å². The Morgan fingerprint density at radius 2 is 1.91 bits per heavy atom. The average molecular weight is 460 g/mol. The van der Waals surface area contributed by atoms with Crippen molar-refractivity contribution in [1.29, 1.82) is 0 Å². The van der Waals surface area contributed by atoms with E-state index in [-0.39, 0.29) is 24.6 Å². The maximum Gasteiger partial charge on any atom is 0.343 e. The van der Waals surface area contributed by atoms with Gasteiger partial charge in [-0.2, -0.15) is 0 Å². The molecular weight excluding hydrogens is 440 g/mol. The minimum Gasteiger partial charge on any atom is -0.482 e. The normalized spacial score (nSPS) is 17.6. The van der Waals surface area contributed by atoms with E-state index in [4.69, 9.17) is 18.6 Å². The third-order valence-electron chi connectivity index (χ3n) is 5.68. The molecule has 3 aromatic rings. The number of benzene rings is 2. The van der Waals surface area contributed by atoms with Gasteiger partial charge in [0, 0.05) is 23.1 Å². The van der Waals surface area contributed by atoms with Crippen LogP contribution in [0.3, 0.4) is 0 Å². The first-order valence-corrected chi connectivity index (χ1v) is 10.6. The summed E-state index contributed by atoms with van der Waals surface area (Å²) in [4.78, 5) is 37.1. The summed E-state index contributed by atoms with van der Waals surface area (Å²) in [5.74, 6) is 0.613. The molecule has 5 rings (SSSR count). The first kappa shape index (κ1) is 21.5. The second kappa shape index (κ2) is 8.55. The zero-order valence-electron chi connectivity index (χ0n) is 18.5. The summed E-state index contributed by atoms with van der Waals surface area (Å²) in [6, 6.07) is 13.8. The fraction of sp³-hybridized carbons (Fsp3) is 0.192. The highest BCUT2D eigenvalue weighted by Gasteiger charge is 2.39. The van der Waals surface area contributed by atoms with E-state index < -0.39 is 17.9 Å². The highest BCUT2D eigenvalue weighted by atomic mass is 16.6. The number of allylic oxidation sites excluding steroid dienone is 1. The summed E-state index contributed by atoms with van der Waals surface area (Å²) in [6.45, 7) is 1.53. The molecule has 172 valence electrons. The number of ketones is 1. The van der Waals surface area contributed by atoms with Crippen molar-refractivity contribution < 1.29 is 37.7 Å². The number of ether oxygens (including phenoxy) is 4. The summed E-state index contributed by atoms with van der Waals surface area (Å²) in [6.07, 6.45) is 1.55. The standard InChI is InChI=1S/C26H20O8/c1-14-7-8-15(32-14)11-21-25(29)17-9-10-20-24(26(17)34-21)18(12-22(27)33-20)16-5-3-4-6-19(16)31-13-23(28)30-2/h3-11,18H,12-13H2,1-2H3/b21-11-/t18-/m1/s1. The van der Waals surface area contributed by atoms with Gasteiger partial charge in [0.25, 0.3) is 0 Å². The lowest BCUT2D eigenvalue weighted by atomic mass is 9.84. The highest BCUT2D eigenvalue weighted by molar-refractivity contribution is 6.15. The molecule has 0 spiro atoms. The van der Waals surface area contributed by atoms with Crippen molar-refractivity contribution in [3.63, 3.8) is 0 Å². The van der Waals surface area contributed by atoms with Crippen LogP contribution < -0.4 is 14.2 Å². The largest absolute Gasteiger partial charge is 0.482 e. The maximum absolute atomic E-state index is 13.1. The minimum absolute atomic E-state index is 0.00995. The van der Waals surface area contributed by atoms with Gasteiger partial charge in [-0.15, -0.1) is 0 Å². The SMILES string of the molecule is COC(=O)COc1ccccc1[C@H]1CC(=O)Oc2ccc3c(c21)O/C(=C\c1ccc(C)o1)C3=O. The molecule has 0 N–H and O–H groups in total. The number of methoxy groups -OCH3 is 1. The molecule has 0 bridgehead atoms. The van der Waals surface area contributed by atoms with Gasteiger partial charge in [-0.05, 0) is 37.3 Å². The Morgan fingerprint density at radius 1 is 1.09 bits per heavy atom. The number of Topliss-reactive ketones (excluding diaryl/α,β-unsaturated/α-hetero) is 1. The van der Waals surface area contributed by atoms with E-state index in [1.807, 2.05) is 6.92 Å². The molecular formula is C26H20O8. The van der Waals surface area contributed by atoms with Crippen LogP contribution in [0.4, 0.5) is 0 Å². The Hall–Kier alpha value is -4.33. The zero-order valence-corrected chi connectivity index (χ0v) is 18.5. The smallest absolute Gasteiger partial charge is 0.343 e. The monoisotopic (exact) mass is 460 g/mol. The van der Waals surface area contributed by atoms with E-state index in [1.165, 1.54) is 7.11 Å². The van der Waals surface area contributed by atoms with Gasteiger partial charge in [0.15, 0.2) is 12.4 Å². The van der Waals surface area contributed by atoms with E-state index in [0.717, 1.165) is 0 Å². The van der Waals surface area contributed by atoms with Gasteiger partial charge in [0.2, 0.25) is 5.78 Å². The maximum atomic E-state index is 13.1. The lowest BCUT2D eigenvalue weighted by Crippen LogP contribution is -2.22. The van der Waals surface area contributed by atoms with Crippen LogP contribution >= 0.6 is 0 Å². The van der Waals surface area contributed by atoms with Gasteiger partial charge in [0.05, 0.1) is 19.1 Å². The second-order valence-electron chi connectivity index (χ2n) is 7.88.